The molecule has 1 rings (SSSR count). The average Bonchev–Trinajstić information content (AvgIpc) is 2.27. The van der Waals surface area contributed by atoms with Gasteiger partial charge < -0.3 is 0 Å². The second kappa shape index (κ2) is 12.0. The zero-order valence-electron chi connectivity index (χ0n) is 9.59. The second-order valence-corrected chi connectivity index (χ2v) is 12.2. The lowest BCUT2D eigenvalue weighted by atomic mass is 10.1. The van der Waals surface area contributed by atoms with Gasteiger partial charge in [-0.3, -0.25) is 0 Å². The summed E-state index contributed by atoms with van der Waals surface area (Å²) in [7, 11) is 6.68. The number of hydrogen-bond donors (Lipinski definition) is 0. The average molecular weight is 282 g/mol. The summed E-state index contributed by atoms with van der Waals surface area (Å²) in [6.45, 7) is 0. The highest BCUT2D eigenvalue weighted by atomic mass is 33.4. The van der Waals surface area contributed by atoms with E-state index in [9.17, 15) is 0 Å². The quantitative estimate of drug-likeness (QED) is 0.390. The molecule has 0 aliphatic carbocycles. The molecule has 0 N–H and O–H groups in total. The van der Waals surface area contributed by atoms with Crippen LogP contribution in [0.5, 0.6) is 0 Å². The zero-order valence-corrected chi connectivity index (χ0v) is 13.2. The van der Waals surface area contributed by atoms with Crippen molar-refractivity contribution >= 4 is 36.9 Å². The van der Waals surface area contributed by atoms with Crippen LogP contribution in [0.4, 0.5) is 0 Å². The molecule has 1 saturated heterocycles. The molecule has 4 heteroatoms. The molecule has 0 spiro atoms. The Kier molecular flexibility index (Phi) is 11.7. The lowest BCUT2D eigenvalue weighted by Gasteiger charge is -2.01. The molecule has 2 atom stereocenters. The van der Waals surface area contributed by atoms with E-state index < -0.39 is 0 Å². The van der Waals surface area contributed by atoms with Crippen LogP contribution >= 0.6 is 36.9 Å². The third-order valence-corrected chi connectivity index (χ3v) is 11.8. The number of hydrogen-bond acceptors (Lipinski definition) is 2. The Hall–Kier alpha value is 1.56. The fraction of sp³-hybridized carbons (Fsp3) is 1.00. The zero-order chi connectivity index (χ0) is 10.6. The van der Waals surface area contributed by atoms with Crippen molar-refractivity contribution in [1.82, 2.24) is 0 Å². The topological polar surface area (TPSA) is 0 Å². The van der Waals surface area contributed by atoms with Gasteiger partial charge in [-0.2, -0.15) is 0 Å². The van der Waals surface area contributed by atoms with Crippen LogP contribution in [0.2, 0.25) is 0 Å². The SMILES string of the molecule is C1CCCCCPPSSCCCCC1. The lowest BCUT2D eigenvalue weighted by molar-refractivity contribution is 0.574. The molecular weight excluding hydrogens is 258 g/mol. The van der Waals surface area contributed by atoms with Crippen molar-refractivity contribution < 1.29 is 0 Å². The van der Waals surface area contributed by atoms with Crippen molar-refractivity contribution in [2.45, 2.75) is 57.8 Å². The normalized spacial score (nSPS) is 27.2. The van der Waals surface area contributed by atoms with Crippen molar-refractivity contribution in [3.63, 3.8) is 0 Å². The highest BCUT2D eigenvalue weighted by Gasteiger charge is 1.96. The fourth-order valence-electron chi connectivity index (χ4n) is 1.76. The summed E-state index contributed by atoms with van der Waals surface area (Å²) >= 11 is 0. The van der Waals surface area contributed by atoms with Gasteiger partial charge >= 0.3 is 0 Å². The van der Waals surface area contributed by atoms with Crippen LogP contribution < -0.4 is 0 Å². The Labute approximate surface area is 107 Å². The molecule has 0 aromatic rings. The fourth-order valence-corrected chi connectivity index (χ4v) is 10.5. The Morgan fingerprint density at radius 3 is 2.00 bits per heavy atom. The van der Waals surface area contributed by atoms with E-state index in [0.29, 0.717) is 0 Å². The van der Waals surface area contributed by atoms with Gasteiger partial charge in [0.1, 0.15) is 0 Å². The van der Waals surface area contributed by atoms with E-state index >= 15 is 0 Å². The van der Waals surface area contributed by atoms with Gasteiger partial charge in [0.05, 0.1) is 0 Å². The maximum atomic E-state index is 2.14. The van der Waals surface area contributed by atoms with Gasteiger partial charge in [-0.15, -0.1) is 0 Å². The molecule has 1 aliphatic rings. The summed E-state index contributed by atoms with van der Waals surface area (Å²) < 4.78 is 0. The summed E-state index contributed by atoms with van der Waals surface area (Å²) in [6.07, 6.45) is 14.9. The summed E-state index contributed by atoms with van der Waals surface area (Å²) in [4.78, 5) is 0. The summed E-state index contributed by atoms with van der Waals surface area (Å²) in [5, 5.41) is 0. The van der Waals surface area contributed by atoms with Crippen LogP contribution in [0.1, 0.15) is 57.8 Å². The van der Waals surface area contributed by atoms with Crippen LogP contribution in [0.25, 0.3) is 0 Å². The van der Waals surface area contributed by atoms with Crippen LogP contribution in [-0.2, 0) is 0 Å². The predicted molar refractivity (Wildman–Crippen MR) is 83.1 cm³/mol. The molecule has 1 aliphatic heterocycles. The lowest BCUT2D eigenvalue weighted by Crippen LogP contribution is -1.83. The summed E-state index contributed by atoms with van der Waals surface area (Å²) in [5.74, 6) is 1.39. The Morgan fingerprint density at radius 2 is 1.27 bits per heavy atom. The van der Waals surface area contributed by atoms with E-state index in [1.165, 1.54) is 85.4 Å². The van der Waals surface area contributed by atoms with Crippen LogP contribution in [0.15, 0.2) is 0 Å². The molecule has 0 saturated carbocycles. The predicted octanol–water partition coefficient (Wildman–Crippen LogP) is 6.08. The third kappa shape index (κ3) is 10.4. The molecule has 0 bridgehead atoms. The molecular formula is C11H24P2S2. The maximum absolute atomic E-state index is 2.14. The van der Waals surface area contributed by atoms with E-state index in [2.05, 4.69) is 21.2 Å². The van der Waals surface area contributed by atoms with Crippen molar-refractivity contribution in [3.8, 4) is 0 Å². The standard InChI is InChI=1S/C11H24P2S2/c1-2-4-6-8-10-12-13-15-14-11-9-7-5-3-1/h12-13H,1-11H2. The van der Waals surface area contributed by atoms with Gasteiger partial charge in [0.15, 0.2) is 0 Å². The molecule has 0 aromatic heterocycles. The van der Waals surface area contributed by atoms with E-state index in [-0.39, 0.29) is 0 Å². The van der Waals surface area contributed by atoms with Gasteiger partial charge in [-0.05, 0) is 26.5 Å². The van der Waals surface area contributed by atoms with E-state index in [4.69, 9.17) is 0 Å². The highest BCUT2D eigenvalue weighted by molar-refractivity contribution is 9.02. The van der Waals surface area contributed by atoms with Crippen molar-refractivity contribution in [2.24, 2.45) is 0 Å². The first-order valence-electron chi connectivity index (χ1n) is 6.26. The van der Waals surface area contributed by atoms with Crippen LogP contribution in [0, 0.1) is 0 Å². The first-order valence-corrected chi connectivity index (χ1v) is 12.5. The molecule has 90 valence electrons. The Bertz CT molecular complexity index is 75.2. The Balaban J connectivity index is 2.01. The van der Waals surface area contributed by atoms with Crippen molar-refractivity contribution in [3.05, 3.63) is 0 Å². The number of rotatable bonds is 0. The highest BCUT2D eigenvalue weighted by Crippen LogP contribution is 2.54. The first kappa shape index (κ1) is 14.6. The van der Waals surface area contributed by atoms with Crippen LogP contribution in [-0.4, -0.2) is 11.9 Å². The monoisotopic (exact) mass is 282 g/mol. The molecule has 0 radical (unpaired) electrons. The Morgan fingerprint density at radius 1 is 0.667 bits per heavy atom. The molecule has 0 amide bonds. The van der Waals surface area contributed by atoms with E-state index in [1.807, 2.05) is 0 Å². The van der Waals surface area contributed by atoms with Gasteiger partial charge in [0.2, 0.25) is 0 Å². The smallest absolute Gasteiger partial charge is 0.00401 e. The minimum absolute atomic E-state index is 1.18. The molecule has 0 aromatic carbocycles. The van der Waals surface area contributed by atoms with Gasteiger partial charge in [0.25, 0.3) is 0 Å². The van der Waals surface area contributed by atoms with Crippen molar-refractivity contribution in [2.75, 3.05) is 11.9 Å². The molecule has 1 heterocycles. The molecule has 0 nitrogen and oxygen atoms in total. The molecule has 2 unspecified atom stereocenters. The maximum Gasteiger partial charge on any atom is 0.00401 e. The minimum Gasteiger partial charge on any atom is -0.0895 e. The van der Waals surface area contributed by atoms with Gasteiger partial charge in [-0.25, -0.2) is 0 Å². The molecule has 1 fully saturated rings. The minimum atomic E-state index is 1.18. The first-order chi connectivity index (χ1) is 7.50. The van der Waals surface area contributed by atoms with E-state index in [1.54, 1.807) is 0 Å². The van der Waals surface area contributed by atoms with Crippen molar-refractivity contribution in [1.29, 1.82) is 0 Å². The van der Waals surface area contributed by atoms with Gasteiger partial charge in [-0.1, -0.05) is 74.4 Å². The summed E-state index contributed by atoms with van der Waals surface area (Å²) in [5.41, 5.74) is 0. The van der Waals surface area contributed by atoms with Crippen LogP contribution in [0.3, 0.4) is 0 Å². The third-order valence-electron chi connectivity index (χ3n) is 2.70. The second-order valence-electron chi connectivity index (χ2n) is 4.12. The summed E-state index contributed by atoms with van der Waals surface area (Å²) in [6, 6.07) is 0. The largest absolute Gasteiger partial charge is 0.0895 e. The van der Waals surface area contributed by atoms with Gasteiger partial charge in [0, 0.05) is 5.75 Å². The van der Waals surface area contributed by atoms with E-state index in [0.717, 1.165) is 0 Å². The molecule has 15 heavy (non-hydrogen) atoms.